The third-order valence-electron chi connectivity index (χ3n) is 11.1. The van der Waals surface area contributed by atoms with Crippen molar-refractivity contribution in [1.82, 2.24) is 4.57 Å². The standard InChI is InChI=1S/C49H33IN2O/c1-49(2)36-20-11-9-18-33(36)45-37(49)26-27-42-47(45)34-19-10-12-21-40(34)52(42)41-22-13-23-43-46(41)35-25-24-32(28-44(35)53-43)39-29-38(30-14-5-3-6-15-30)50-48(51-39)31-16-7-4-8-17-31/h3-29H,1-2H3. The molecule has 0 saturated heterocycles. The van der Waals surface area contributed by atoms with Crippen LogP contribution in [0.2, 0.25) is 0 Å². The summed E-state index contributed by atoms with van der Waals surface area (Å²) in [5, 5.41) is 4.80. The highest BCUT2D eigenvalue weighted by atomic mass is 127. The maximum absolute atomic E-state index is 6.73. The van der Waals surface area contributed by atoms with Crippen LogP contribution in [0.1, 0.15) is 41.7 Å². The lowest BCUT2D eigenvalue weighted by atomic mass is 9.82. The number of nitrogens with zero attached hydrogens (tertiary/aromatic N) is 2. The zero-order chi connectivity index (χ0) is 35.3. The van der Waals surface area contributed by atoms with E-state index in [1.807, 2.05) is 0 Å². The van der Waals surface area contributed by atoms with E-state index >= 15 is 0 Å². The van der Waals surface area contributed by atoms with Crippen LogP contribution in [0.3, 0.4) is 0 Å². The van der Waals surface area contributed by atoms with Gasteiger partial charge >= 0.3 is 0 Å². The van der Waals surface area contributed by atoms with E-state index < -0.39 is 20.7 Å². The quantitative estimate of drug-likeness (QED) is 0.163. The molecule has 53 heavy (non-hydrogen) atoms. The zero-order valence-corrected chi connectivity index (χ0v) is 31.4. The van der Waals surface area contributed by atoms with E-state index in [0.29, 0.717) is 0 Å². The molecule has 252 valence electrons. The lowest BCUT2D eigenvalue weighted by Gasteiger charge is -2.21. The molecule has 0 saturated carbocycles. The number of fused-ring (bicyclic) bond motifs is 10. The number of rotatable bonds is 4. The monoisotopic (exact) mass is 792 g/mol. The van der Waals surface area contributed by atoms with E-state index in [0.717, 1.165) is 38.9 Å². The lowest BCUT2D eigenvalue weighted by Crippen LogP contribution is -2.14. The van der Waals surface area contributed by atoms with Gasteiger partial charge in [-0.15, -0.1) is 0 Å². The minimum absolute atomic E-state index is 0.0666. The van der Waals surface area contributed by atoms with Crippen LogP contribution < -0.4 is 0 Å². The summed E-state index contributed by atoms with van der Waals surface area (Å²) < 4.78 is 11.7. The van der Waals surface area contributed by atoms with Crippen LogP contribution in [0.5, 0.6) is 0 Å². The van der Waals surface area contributed by atoms with Gasteiger partial charge in [0.15, 0.2) is 0 Å². The number of furan rings is 1. The SMILES string of the molecule is CC1(C)c2ccccc2-c2c1ccc1c2c2ccccc2n1-c1cccc2oc3cc(C4=NC(c5ccccc5)=IC(c5ccccc5)=C4)ccc3c12. The predicted octanol–water partition coefficient (Wildman–Crippen LogP) is 13.0. The van der Waals surface area contributed by atoms with Gasteiger partial charge in [0, 0.05) is 36.3 Å². The lowest BCUT2D eigenvalue weighted by molar-refractivity contribution is 0.661. The Morgan fingerprint density at radius 3 is 2.17 bits per heavy atom. The molecule has 0 spiro atoms. The van der Waals surface area contributed by atoms with Crippen LogP contribution in [0.25, 0.3) is 64.1 Å². The second-order valence-electron chi connectivity index (χ2n) is 14.5. The molecule has 1 aliphatic heterocycles. The Kier molecular flexibility index (Phi) is 6.72. The van der Waals surface area contributed by atoms with Gasteiger partial charge in [0.25, 0.3) is 0 Å². The number of hydrogen-bond donors (Lipinski definition) is 0. The zero-order valence-electron chi connectivity index (χ0n) is 29.3. The van der Waals surface area contributed by atoms with Gasteiger partial charge in [-0.3, -0.25) is 0 Å². The van der Waals surface area contributed by atoms with E-state index in [9.17, 15) is 0 Å². The molecule has 3 nitrogen and oxygen atoms in total. The molecule has 0 N–H and O–H groups in total. The summed E-state index contributed by atoms with van der Waals surface area (Å²) in [5.74, 6) is 0. The minimum Gasteiger partial charge on any atom is -0.456 e. The Labute approximate surface area is 317 Å². The van der Waals surface area contributed by atoms with Crippen LogP contribution in [-0.2, 0) is 5.41 Å². The molecule has 7 aromatic carbocycles. The first-order chi connectivity index (χ1) is 26.0. The first-order valence-corrected chi connectivity index (χ1v) is 20.3. The van der Waals surface area contributed by atoms with Gasteiger partial charge in [-0.05, 0) is 70.3 Å². The smallest absolute Gasteiger partial charge is 0.137 e. The maximum Gasteiger partial charge on any atom is 0.137 e. The van der Waals surface area contributed by atoms with Crippen molar-refractivity contribution in [1.29, 1.82) is 0 Å². The Morgan fingerprint density at radius 1 is 0.566 bits per heavy atom. The average Bonchev–Trinajstić information content (AvgIpc) is 3.83. The van der Waals surface area contributed by atoms with E-state index in [4.69, 9.17) is 9.41 Å². The van der Waals surface area contributed by atoms with Crippen molar-refractivity contribution < 1.29 is 4.42 Å². The largest absolute Gasteiger partial charge is 0.456 e. The molecule has 0 amide bonds. The topological polar surface area (TPSA) is 30.4 Å². The number of para-hydroxylation sites is 1. The Bertz CT molecular complexity index is 3030. The highest BCUT2D eigenvalue weighted by Gasteiger charge is 2.37. The van der Waals surface area contributed by atoms with Gasteiger partial charge in [-0.2, -0.15) is 0 Å². The summed E-state index contributed by atoms with van der Waals surface area (Å²) in [6.07, 6.45) is 2.29. The molecule has 0 unspecified atom stereocenters. The first kappa shape index (κ1) is 30.7. The van der Waals surface area contributed by atoms with Gasteiger partial charge in [0.1, 0.15) is 14.8 Å². The maximum atomic E-state index is 6.73. The fourth-order valence-corrected chi connectivity index (χ4v) is 11.4. The van der Waals surface area contributed by atoms with Crippen molar-refractivity contribution in [3.63, 3.8) is 0 Å². The Hall–Kier alpha value is -5.85. The third-order valence-corrected chi connectivity index (χ3v) is 14.0. The van der Waals surface area contributed by atoms with Crippen molar-refractivity contribution in [2.24, 2.45) is 4.99 Å². The molecule has 2 aliphatic rings. The molecule has 0 radical (unpaired) electrons. The van der Waals surface area contributed by atoms with Crippen molar-refractivity contribution in [3.05, 3.63) is 192 Å². The number of allylic oxidation sites excluding steroid dienone is 1. The number of benzene rings is 7. The average molecular weight is 793 g/mol. The molecule has 2 aromatic heterocycles. The van der Waals surface area contributed by atoms with E-state index in [1.165, 1.54) is 62.4 Å². The normalized spacial score (nSPS) is 14.9. The van der Waals surface area contributed by atoms with Crippen LogP contribution in [-0.4, -0.2) is 13.9 Å². The van der Waals surface area contributed by atoms with Gasteiger partial charge in [-0.25, -0.2) is 4.99 Å². The molecule has 1 aliphatic carbocycles. The van der Waals surface area contributed by atoms with Gasteiger partial charge < -0.3 is 8.98 Å². The molecule has 0 atom stereocenters. The van der Waals surface area contributed by atoms with Crippen molar-refractivity contribution in [3.8, 4) is 16.8 Å². The van der Waals surface area contributed by atoms with Crippen LogP contribution in [0.15, 0.2) is 173 Å². The third kappa shape index (κ3) is 4.58. The minimum atomic E-state index is -0.460. The fraction of sp³-hybridized carbons (Fsp3) is 0.0612. The summed E-state index contributed by atoms with van der Waals surface area (Å²) >= 11 is -0.460. The molecule has 9 aromatic rings. The van der Waals surface area contributed by atoms with Crippen LogP contribution in [0, 0.1) is 0 Å². The molecular weight excluding hydrogens is 759 g/mol. The van der Waals surface area contributed by atoms with Gasteiger partial charge in [-0.1, -0.05) is 156 Å². The summed E-state index contributed by atoms with van der Waals surface area (Å²) in [6, 6.07) is 57.0. The fourth-order valence-electron chi connectivity index (χ4n) is 8.65. The van der Waals surface area contributed by atoms with Gasteiger partial charge in [0.2, 0.25) is 0 Å². The Balaban J connectivity index is 1.12. The van der Waals surface area contributed by atoms with Crippen LogP contribution in [0.4, 0.5) is 0 Å². The summed E-state index contributed by atoms with van der Waals surface area (Å²) in [7, 11) is 0. The highest BCUT2D eigenvalue weighted by Crippen LogP contribution is 2.53. The van der Waals surface area contributed by atoms with Crippen LogP contribution >= 0.6 is 20.7 Å². The van der Waals surface area contributed by atoms with Crippen molar-refractivity contribution in [2.75, 3.05) is 0 Å². The molecule has 0 bridgehead atoms. The van der Waals surface area contributed by atoms with Crippen molar-refractivity contribution >= 4 is 77.4 Å². The molecule has 0 fully saturated rings. The summed E-state index contributed by atoms with van der Waals surface area (Å²) in [6.45, 7) is 4.71. The van der Waals surface area contributed by atoms with Crippen molar-refractivity contribution in [2.45, 2.75) is 19.3 Å². The number of hydrogen-bond acceptors (Lipinski definition) is 2. The molecular formula is C49H33IN2O. The molecule has 3 heterocycles. The highest BCUT2D eigenvalue weighted by molar-refractivity contribution is 14.2. The van der Waals surface area contributed by atoms with E-state index in [-0.39, 0.29) is 5.41 Å². The number of halogens is 1. The number of aliphatic imine (C=N–C) groups is 1. The predicted molar refractivity (Wildman–Crippen MR) is 231 cm³/mol. The Morgan fingerprint density at radius 2 is 1.32 bits per heavy atom. The summed E-state index contributed by atoms with van der Waals surface area (Å²) in [5.41, 5.74) is 15.1. The second-order valence-corrected chi connectivity index (χ2v) is 17.2. The second kappa shape index (κ2) is 11.6. The van der Waals surface area contributed by atoms with E-state index in [1.54, 1.807) is 0 Å². The van der Waals surface area contributed by atoms with Gasteiger partial charge in [0.05, 0.1) is 27.8 Å². The first-order valence-electron chi connectivity index (χ1n) is 18.1. The molecule has 11 rings (SSSR count). The number of aromatic nitrogens is 1. The summed E-state index contributed by atoms with van der Waals surface area (Å²) in [4.78, 5) is 5.30. The molecule has 4 heteroatoms. The van der Waals surface area contributed by atoms with E-state index in [2.05, 4.69) is 182 Å².